The van der Waals surface area contributed by atoms with Gasteiger partial charge in [-0.1, -0.05) is 6.92 Å². The van der Waals surface area contributed by atoms with Crippen LogP contribution in [0.2, 0.25) is 0 Å². The fourth-order valence-corrected chi connectivity index (χ4v) is 0.951. The summed E-state index contributed by atoms with van der Waals surface area (Å²) in [6.07, 6.45) is 1.93. The number of nitrogens with two attached hydrogens (primary N) is 1. The first kappa shape index (κ1) is 8.07. The molecule has 0 atom stereocenters. The van der Waals surface area contributed by atoms with Gasteiger partial charge in [-0.25, -0.2) is 0 Å². The molecule has 4 nitrogen and oxygen atoms in total. The van der Waals surface area contributed by atoms with Crippen LogP contribution in [0.1, 0.15) is 12.5 Å². The molecule has 3 N–H and O–H groups in total. The normalized spacial score (nSPS) is 10.4. The first-order valence-corrected chi connectivity index (χ1v) is 3.72. The Kier molecular flexibility index (Phi) is 2.48. The third kappa shape index (κ3) is 1.94. The zero-order chi connectivity index (χ0) is 8.27. The Morgan fingerprint density at radius 3 is 2.91 bits per heavy atom. The van der Waals surface area contributed by atoms with Crippen LogP contribution in [-0.2, 0) is 13.6 Å². The largest absolute Gasteiger partial charge is 0.382 e. The molecule has 0 spiro atoms. The SMILES string of the molecule is CCNCc1cn(C)nc1N. The molecule has 0 amide bonds. The lowest BCUT2D eigenvalue weighted by Crippen LogP contribution is -2.12. The molecule has 4 heteroatoms. The van der Waals surface area contributed by atoms with Gasteiger partial charge in [0.15, 0.2) is 0 Å². The predicted molar refractivity (Wildman–Crippen MR) is 45.0 cm³/mol. The standard InChI is InChI=1S/C7H14N4/c1-3-9-4-6-5-11(2)10-7(6)8/h5,9H,3-4H2,1-2H3,(H2,8,10). The van der Waals surface area contributed by atoms with E-state index in [0.717, 1.165) is 18.7 Å². The maximum atomic E-state index is 5.61. The van der Waals surface area contributed by atoms with E-state index in [1.807, 2.05) is 13.2 Å². The minimum Gasteiger partial charge on any atom is -0.382 e. The van der Waals surface area contributed by atoms with Gasteiger partial charge in [0.2, 0.25) is 0 Å². The lowest BCUT2D eigenvalue weighted by atomic mass is 10.3. The third-order valence-corrected chi connectivity index (χ3v) is 1.50. The molecule has 0 fully saturated rings. The summed E-state index contributed by atoms with van der Waals surface area (Å²) in [7, 11) is 1.87. The number of anilines is 1. The van der Waals surface area contributed by atoms with Crippen LogP contribution >= 0.6 is 0 Å². The molecule has 0 saturated carbocycles. The van der Waals surface area contributed by atoms with E-state index in [-0.39, 0.29) is 0 Å². The van der Waals surface area contributed by atoms with Gasteiger partial charge in [-0.3, -0.25) is 4.68 Å². The molecule has 0 radical (unpaired) electrons. The average molecular weight is 154 g/mol. The molecule has 1 rings (SSSR count). The highest BCUT2D eigenvalue weighted by molar-refractivity contribution is 5.36. The number of aryl methyl sites for hydroxylation is 1. The van der Waals surface area contributed by atoms with Gasteiger partial charge in [0, 0.05) is 25.4 Å². The molecule has 0 bridgehead atoms. The van der Waals surface area contributed by atoms with Crippen molar-refractivity contribution < 1.29 is 0 Å². The van der Waals surface area contributed by atoms with Gasteiger partial charge >= 0.3 is 0 Å². The van der Waals surface area contributed by atoms with Crippen molar-refractivity contribution in [1.29, 1.82) is 0 Å². The summed E-state index contributed by atoms with van der Waals surface area (Å²) in [6, 6.07) is 0. The number of hydrogen-bond acceptors (Lipinski definition) is 3. The number of rotatable bonds is 3. The van der Waals surface area contributed by atoms with Crippen molar-refractivity contribution in [2.45, 2.75) is 13.5 Å². The lowest BCUT2D eigenvalue weighted by Gasteiger charge is -1.97. The molecule has 0 aliphatic rings. The van der Waals surface area contributed by atoms with Crippen molar-refractivity contribution in [2.75, 3.05) is 12.3 Å². The first-order valence-electron chi connectivity index (χ1n) is 3.72. The van der Waals surface area contributed by atoms with Crippen LogP contribution in [0.5, 0.6) is 0 Å². The van der Waals surface area contributed by atoms with Crippen molar-refractivity contribution in [3.8, 4) is 0 Å². The van der Waals surface area contributed by atoms with Crippen LogP contribution in [0.25, 0.3) is 0 Å². The Morgan fingerprint density at radius 1 is 1.73 bits per heavy atom. The fraction of sp³-hybridized carbons (Fsp3) is 0.571. The summed E-state index contributed by atoms with van der Waals surface area (Å²) in [5, 5.41) is 7.20. The van der Waals surface area contributed by atoms with Gasteiger partial charge in [0.25, 0.3) is 0 Å². The van der Waals surface area contributed by atoms with E-state index in [9.17, 15) is 0 Å². The number of nitrogen functional groups attached to an aromatic ring is 1. The second-order valence-electron chi connectivity index (χ2n) is 2.49. The van der Waals surface area contributed by atoms with Crippen LogP contribution < -0.4 is 11.1 Å². The molecular formula is C7H14N4. The maximum absolute atomic E-state index is 5.61. The highest BCUT2D eigenvalue weighted by atomic mass is 15.3. The molecule has 0 aliphatic heterocycles. The van der Waals surface area contributed by atoms with E-state index >= 15 is 0 Å². The van der Waals surface area contributed by atoms with Crippen LogP contribution in [0, 0.1) is 0 Å². The Labute approximate surface area is 66.4 Å². The number of nitrogens with zero attached hydrogens (tertiary/aromatic N) is 2. The molecule has 1 heterocycles. The fourth-order valence-electron chi connectivity index (χ4n) is 0.951. The second-order valence-corrected chi connectivity index (χ2v) is 2.49. The maximum Gasteiger partial charge on any atom is 0.149 e. The smallest absolute Gasteiger partial charge is 0.149 e. The predicted octanol–water partition coefficient (Wildman–Crippen LogP) is 0.112. The molecular weight excluding hydrogens is 140 g/mol. The summed E-state index contributed by atoms with van der Waals surface area (Å²) in [4.78, 5) is 0. The summed E-state index contributed by atoms with van der Waals surface area (Å²) in [5.41, 5.74) is 6.67. The van der Waals surface area contributed by atoms with Crippen LogP contribution in [0.4, 0.5) is 5.82 Å². The molecule has 0 unspecified atom stereocenters. The lowest BCUT2D eigenvalue weighted by molar-refractivity contribution is 0.724. The number of nitrogens with one attached hydrogen (secondary N) is 1. The third-order valence-electron chi connectivity index (χ3n) is 1.50. The van der Waals surface area contributed by atoms with E-state index in [0.29, 0.717) is 5.82 Å². The van der Waals surface area contributed by atoms with E-state index in [2.05, 4.69) is 17.3 Å². The van der Waals surface area contributed by atoms with Crippen LogP contribution in [0.3, 0.4) is 0 Å². The Morgan fingerprint density at radius 2 is 2.45 bits per heavy atom. The van der Waals surface area contributed by atoms with Gasteiger partial charge in [0.1, 0.15) is 5.82 Å². The summed E-state index contributed by atoms with van der Waals surface area (Å²) < 4.78 is 1.72. The van der Waals surface area contributed by atoms with Gasteiger partial charge in [0.05, 0.1) is 0 Å². The van der Waals surface area contributed by atoms with Gasteiger partial charge in [-0.05, 0) is 6.54 Å². The summed E-state index contributed by atoms with van der Waals surface area (Å²) in [5.74, 6) is 0.619. The molecule has 62 valence electrons. The molecule has 1 aromatic rings. The van der Waals surface area contributed by atoms with Crippen molar-refractivity contribution in [3.63, 3.8) is 0 Å². The van der Waals surface area contributed by atoms with E-state index in [4.69, 9.17) is 5.73 Å². The van der Waals surface area contributed by atoms with Gasteiger partial charge < -0.3 is 11.1 Å². The van der Waals surface area contributed by atoms with Gasteiger partial charge in [-0.15, -0.1) is 0 Å². The summed E-state index contributed by atoms with van der Waals surface area (Å²) in [6.45, 7) is 3.82. The molecule has 0 aromatic carbocycles. The van der Waals surface area contributed by atoms with Crippen molar-refractivity contribution in [2.24, 2.45) is 7.05 Å². The number of aromatic nitrogens is 2. The van der Waals surface area contributed by atoms with Crippen molar-refractivity contribution in [3.05, 3.63) is 11.8 Å². The van der Waals surface area contributed by atoms with Crippen molar-refractivity contribution >= 4 is 5.82 Å². The van der Waals surface area contributed by atoms with E-state index < -0.39 is 0 Å². The Balaban J connectivity index is 2.62. The average Bonchev–Trinajstić information content (AvgIpc) is 2.26. The van der Waals surface area contributed by atoms with Gasteiger partial charge in [-0.2, -0.15) is 5.10 Å². The monoisotopic (exact) mass is 154 g/mol. The molecule has 11 heavy (non-hydrogen) atoms. The minimum atomic E-state index is 0.619. The zero-order valence-electron chi connectivity index (χ0n) is 6.96. The van der Waals surface area contributed by atoms with E-state index in [1.54, 1.807) is 4.68 Å². The highest BCUT2D eigenvalue weighted by Crippen LogP contribution is 2.06. The topological polar surface area (TPSA) is 55.9 Å². The van der Waals surface area contributed by atoms with Crippen LogP contribution in [0.15, 0.2) is 6.20 Å². The minimum absolute atomic E-state index is 0.619. The first-order chi connectivity index (χ1) is 5.24. The molecule has 1 aromatic heterocycles. The highest BCUT2D eigenvalue weighted by Gasteiger charge is 2.01. The Bertz CT molecular complexity index is 228. The molecule has 0 aliphatic carbocycles. The van der Waals surface area contributed by atoms with E-state index in [1.165, 1.54) is 0 Å². The summed E-state index contributed by atoms with van der Waals surface area (Å²) >= 11 is 0. The number of hydrogen-bond donors (Lipinski definition) is 2. The molecule has 0 saturated heterocycles. The Hall–Kier alpha value is -1.03. The zero-order valence-corrected chi connectivity index (χ0v) is 6.96. The van der Waals surface area contributed by atoms with Crippen molar-refractivity contribution in [1.82, 2.24) is 15.1 Å². The van der Waals surface area contributed by atoms with Crippen LogP contribution in [-0.4, -0.2) is 16.3 Å². The quantitative estimate of drug-likeness (QED) is 0.649. The second kappa shape index (κ2) is 3.39.